The second kappa shape index (κ2) is 3.32. The Balaban J connectivity index is 2.14. The largest absolute Gasteiger partial charge is 0.266 e. The molecule has 0 aromatic carbocycles. The second-order valence-corrected chi connectivity index (χ2v) is 4.49. The third-order valence-electron chi connectivity index (χ3n) is 1.30. The summed E-state index contributed by atoms with van der Waals surface area (Å²) in [5.74, 6) is 0. The fourth-order valence-corrected chi connectivity index (χ4v) is 2.02. The summed E-state index contributed by atoms with van der Waals surface area (Å²) in [6.45, 7) is 0.691. The van der Waals surface area contributed by atoms with Crippen molar-refractivity contribution in [2.45, 2.75) is 6.54 Å². The summed E-state index contributed by atoms with van der Waals surface area (Å²) in [7, 11) is 0. The molecule has 2 rings (SSSR count). The lowest BCUT2D eigenvalue weighted by Crippen LogP contribution is -1.98. The van der Waals surface area contributed by atoms with Gasteiger partial charge >= 0.3 is 0 Å². The van der Waals surface area contributed by atoms with Gasteiger partial charge in [0.1, 0.15) is 5.01 Å². The van der Waals surface area contributed by atoms with Crippen molar-refractivity contribution in [2.75, 3.05) is 0 Å². The number of hydrogen-bond donors (Lipinski definition) is 0. The van der Waals surface area contributed by atoms with Crippen LogP contribution in [0.2, 0.25) is 0 Å². The Hall–Kier alpha value is -0.750. The predicted octanol–water partition coefficient (Wildman–Crippen LogP) is 1.55. The normalized spacial score (nSPS) is 10.4. The lowest BCUT2D eigenvalue weighted by Gasteiger charge is -1.93. The van der Waals surface area contributed by atoms with E-state index in [1.807, 2.05) is 16.9 Å². The Morgan fingerprint density at radius 1 is 1.50 bits per heavy atom. The van der Waals surface area contributed by atoms with Gasteiger partial charge in [-0.15, -0.1) is 10.2 Å². The van der Waals surface area contributed by atoms with Crippen molar-refractivity contribution in [3.05, 3.63) is 27.4 Å². The first-order valence-corrected chi connectivity index (χ1v) is 4.91. The fraction of sp³-hybridized carbons (Fsp3) is 0.167. The van der Waals surface area contributed by atoms with Gasteiger partial charge in [0, 0.05) is 12.4 Å². The zero-order chi connectivity index (χ0) is 8.39. The van der Waals surface area contributed by atoms with Crippen LogP contribution in [0.5, 0.6) is 0 Å². The van der Waals surface area contributed by atoms with Crippen LogP contribution in [0.3, 0.4) is 0 Å². The Kier molecular flexibility index (Phi) is 2.18. The van der Waals surface area contributed by atoms with Crippen LogP contribution in [0.15, 0.2) is 22.4 Å². The standard InChI is InChI=1S/C6H5BrN4S/c7-6-10-9-5(12-6)4-11-3-1-2-8-11/h1-3H,4H2. The van der Waals surface area contributed by atoms with Crippen LogP contribution in [-0.2, 0) is 6.54 Å². The molecule has 0 unspecified atom stereocenters. The van der Waals surface area contributed by atoms with E-state index in [2.05, 4.69) is 31.2 Å². The minimum Gasteiger partial charge on any atom is -0.266 e. The Morgan fingerprint density at radius 2 is 2.42 bits per heavy atom. The Morgan fingerprint density at radius 3 is 3.00 bits per heavy atom. The first kappa shape index (κ1) is 7.88. The van der Waals surface area contributed by atoms with Gasteiger partial charge in [-0.1, -0.05) is 11.3 Å². The molecule has 6 heteroatoms. The minimum atomic E-state index is 0.691. The van der Waals surface area contributed by atoms with Crippen LogP contribution in [-0.4, -0.2) is 20.0 Å². The van der Waals surface area contributed by atoms with Gasteiger partial charge in [-0.25, -0.2) is 0 Å². The van der Waals surface area contributed by atoms with E-state index in [1.165, 1.54) is 11.3 Å². The predicted molar refractivity (Wildman–Crippen MR) is 48.9 cm³/mol. The highest BCUT2D eigenvalue weighted by atomic mass is 79.9. The number of aromatic nitrogens is 4. The molecular weight excluding hydrogens is 240 g/mol. The molecule has 0 N–H and O–H groups in total. The van der Waals surface area contributed by atoms with Crippen molar-refractivity contribution < 1.29 is 0 Å². The highest BCUT2D eigenvalue weighted by Crippen LogP contribution is 2.15. The Labute approximate surface area is 81.4 Å². The maximum Gasteiger partial charge on any atom is 0.183 e. The van der Waals surface area contributed by atoms with Gasteiger partial charge in [-0.05, 0) is 22.0 Å². The molecule has 0 atom stereocenters. The quantitative estimate of drug-likeness (QED) is 0.806. The highest BCUT2D eigenvalue weighted by Gasteiger charge is 2.01. The second-order valence-electron chi connectivity index (χ2n) is 2.15. The van der Waals surface area contributed by atoms with Gasteiger partial charge < -0.3 is 0 Å². The summed E-state index contributed by atoms with van der Waals surface area (Å²) < 4.78 is 2.62. The van der Waals surface area contributed by atoms with E-state index in [0.717, 1.165) is 8.92 Å². The summed E-state index contributed by atoms with van der Waals surface area (Å²) in [6, 6.07) is 1.88. The molecule has 0 aliphatic rings. The topological polar surface area (TPSA) is 43.6 Å². The monoisotopic (exact) mass is 244 g/mol. The molecule has 0 radical (unpaired) electrons. The molecule has 2 aromatic rings. The smallest absolute Gasteiger partial charge is 0.183 e. The minimum absolute atomic E-state index is 0.691. The number of halogens is 1. The van der Waals surface area contributed by atoms with E-state index >= 15 is 0 Å². The highest BCUT2D eigenvalue weighted by molar-refractivity contribution is 9.11. The van der Waals surface area contributed by atoms with Crippen molar-refractivity contribution in [3.63, 3.8) is 0 Å². The van der Waals surface area contributed by atoms with Crippen molar-refractivity contribution in [1.29, 1.82) is 0 Å². The van der Waals surface area contributed by atoms with Crippen molar-refractivity contribution >= 4 is 27.3 Å². The SMILES string of the molecule is Brc1nnc(Cn2cccn2)s1. The molecule has 0 saturated carbocycles. The summed E-state index contributed by atoms with van der Waals surface area (Å²) in [4.78, 5) is 0. The maximum absolute atomic E-state index is 4.06. The first-order chi connectivity index (χ1) is 5.84. The van der Waals surface area contributed by atoms with Gasteiger partial charge in [0.15, 0.2) is 3.92 Å². The molecular formula is C6H5BrN4S. The van der Waals surface area contributed by atoms with E-state index in [-0.39, 0.29) is 0 Å². The van der Waals surface area contributed by atoms with Gasteiger partial charge in [-0.2, -0.15) is 5.10 Å². The molecule has 0 saturated heterocycles. The summed E-state index contributed by atoms with van der Waals surface area (Å²) in [5, 5.41) is 12.8. The van der Waals surface area contributed by atoms with E-state index in [9.17, 15) is 0 Å². The molecule has 2 aromatic heterocycles. The summed E-state index contributed by atoms with van der Waals surface area (Å²) in [6.07, 6.45) is 3.64. The van der Waals surface area contributed by atoms with E-state index in [1.54, 1.807) is 6.20 Å². The van der Waals surface area contributed by atoms with Crippen molar-refractivity contribution in [3.8, 4) is 0 Å². The number of nitrogens with zero attached hydrogens (tertiary/aromatic N) is 4. The van der Waals surface area contributed by atoms with Crippen LogP contribution in [0.1, 0.15) is 5.01 Å². The average Bonchev–Trinajstić information content (AvgIpc) is 2.63. The van der Waals surface area contributed by atoms with Crippen LogP contribution in [0.4, 0.5) is 0 Å². The average molecular weight is 245 g/mol. The molecule has 0 fully saturated rings. The Bertz CT molecular complexity index is 355. The molecule has 0 amide bonds. The van der Waals surface area contributed by atoms with Gasteiger partial charge in [-0.3, -0.25) is 4.68 Å². The molecule has 62 valence electrons. The van der Waals surface area contributed by atoms with Crippen LogP contribution < -0.4 is 0 Å². The van der Waals surface area contributed by atoms with Gasteiger partial charge in [0.25, 0.3) is 0 Å². The number of hydrogen-bond acceptors (Lipinski definition) is 4. The van der Waals surface area contributed by atoms with Gasteiger partial charge in [0.05, 0.1) is 6.54 Å². The maximum atomic E-state index is 4.06. The van der Waals surface area contributed by atoms with E-state index in [0.29, 0.717) is 6.54 Å². The summed E-state index contributed by atoms with van der Waals surface area (Å²) in [5.41, 5.74) is 0. The fourth-order valence-electron chi connectivity index (χ4n) is 0.830. The van der Waals surface area contributed by atoms with Gasteiger partial charge in [0.2, 0.25) is 0 Å². The molecule has 4 nitrogen and oxygen atoms in total. The first-order valence-electron chi connectivity index (χ1n) is 3.30. The zero-order valence-electron chi connectivity index (χ0n) is 6.01. The van der Waals surface area contributed by atoms with Crippen LogP contribution in [0, 0.1) is 0 Å². The molecule has 0 bridgehead atoms. The van der Waals surface area contributed by atoms with E-state index in [4.69, 9.17) is 0 Å². The van der Waals surface area contributed by atoms with Crippen LogP contribution in [0.25, 0.3) is 0 Å². The lowest BCUT2D eigenvalue weighted by molar-refractivity contribution is 0.677. The summed E-state index contributed by atoms with van der Waals surface area (Å²) >= 11 is 4.77. The molecule has 0 aliphatic carbocycles. The lowest BCUT2D eigenvalue weighted by atomic mass is 10.7. The van der Waals surface area contributed by atoms with Crippen LogP contribution >= 0.6 is 27.3 Å². The van der Waals surface area contributed by atoms with Crippen molar-refractivity contribution in [1.82, 2.24) is 20.0 Å². The third-order valence-corrected chi connectivity index (χ3v) is 2.64. The molecule has 0 spiro atoms. The van der Waals surface area contributed by atoms with E-state index < -0.39 is 0 Å². The number of rotatable bonds is 2. The molecule has 0 aliphatic heterocycles. The van der Waals surface area contributed by atoms with Crippen molar-refractivity contribution in [2.24, 2.45) is 0 Å². The third kappa shape index (κ3) is 1.70. The zero-order valence-corrected chi connectivity index (χ0v) is 8.42. The molecule has 2 heterocycles. The molecule has 12 heavy (non-hydrogen) atoms.